The molecule has 0 radical (unpaired) electrons. The van der Waals surface area contributed by atoms with E-state index in [1.165, 1.54) is 0 Å². The summed E-state index contributed by atoms with van der Waals surface area (Å²) in [4.78, 5) is 65.9. The van der Waals surface area contributed by atoms with Gasteiger partial charge in [-0.25, -0.2) is 0 Å². The van der Waals surface area contributed by atoms with Gasteiger partial charge >= 0.3 is 59.1 Å². The van der Waals surface area contributed by atoms with Crippen molar-refractivity contribution in [2.45, 2.75) is 111 Å². The molecule has 0 aliphatic carbocycles. The summed E-state index contributed by atoms with van der Waals surface area (Å²) < 4.78 is 0. The molecule has 0 heterocycles. The van der Waals surface area contributed by atoms with Gasteiger partial charge in [-0.15, -0.1) is 0 Å². The molecule has 0 aromatic rings. The number of guanidine groups is 1. The second-order valence-electron chi connectivity index (χ2n) is 10.2. The van der Waals surface area contributed by atoms with Gasteiger partial charge in [-0.1, -0.05) is 35.1 Å². The van der Waals surface area contributed by atoms with E-state index in [0.717, 1.165) is 25.8 Å². The molecule has 3 atom stereocenters. The zero-order valence-corrected chi connectivity index (χ0v) is 37.9. The number of carbonyl (C=O) groups excluding carboxylic acids is 5. The Morgan fingerprint density at radius 3 is 1.45 bits per heavy atom. The molecule has 8 N–H and O–H groups in total. The summed E-state index contributed by atoms with van der Waals surface area (Å²) in [6.07, 6.45) is 5.62. The number of aliphatic imine (C=N–C) groups is 1. The first-order valence-corrected chi connectivity index (χ1v) is 15.1. The van der Waals surface area contributed by atoms with E-state index in [2.05, 4.69) is 15.6 Å². The van der Waals surface area contributed by atoms with Gasteiger partial charge in [-0.05, 0) is 65.7 Å². The Morgan fingerprint density at radius 2 is 1.15 bits per heavy atom. The summed E-state index contributed by atoms with van der Waals surface area (Å²) in [6, 6.07) is -0.625. The zero-order chi connectivity index (χ0) is 32.5. The van der Waals surface area contributed by atoms with Crippen LogP contribution in [0.2, 0.25) is 0 Å². The maximum absolute atomic E-state index is 12.1. The van der Waals surface area contributed by atoms with Crippen molar-refractivity contribution in [2.75, 3.05) is 46.8 Å². The van der Waals surface area contributed by atoms with Crippen LogP contribution in [0.15, 0.2) is 4.99 Å². The van der Waals surface area contributed by atoms with E-state index in [1.54, 1.807) is 0 Å². The molecule has 0 aromatic carbocycles. The molecular formula is C30H66I2N8Na2O5. The summed E-state index contributed by atoms with van der Waals surface area (Å²) in [5.41, 5.74) is 15.4. The molecule has 0 rings (SSSR count). The van der Waals surface area contributed by atoms with E-state index in [9.17, 15) is 24.0 Å². The first-order chi connectivity index (χ1) is 19.9. The number of carbonyl (C=O) groups is 5. The van der Waals surface area contributed by atoms with Gasteiger partial charge in [0.05, 0.1) is 18.1 Å². The molecule has 47 heavy (non-hydrogen) atoms. The fourth-order valence-electron chi connectivity index (χ4n) is 4.09. The van der Waals surface area contributed by atoms with Gasteiger partial charge in [0, 0.05) is 35.3 Å². The Bertz CT molecular complexity index is 808. The fraction of sp³-hybridized carbons (Fsp3) is 0.800. The number of aldehydes is 1. The molecular weight excluding hydrogens is 852 g/mol. The molecule has 0 unspecified atom stereocenters. The standard InChI is InChI=1S/C23H44N4O4.C6H14N4O.CH4.2HI.2Na.2H2/c1-7-20(28)18(26(5)9-3)13-11-15-24-22(30)17-23(31)25-16-12-14-19(21(29)8-2)27(6)10-4;7-5(4-11)2-1-3-10-6(8)9;;;;;;;/h18-19H,7-17H2,1-6H3,(H,24,30)(H,25,31);4-5H,1-3,7H2,(H4,8,9,10);1H4;2*1H;;;2*1H/q;;;;;2*+1;;/p-2/t18-,19-;5-;;;;;;;/m01......./s1/i;;;;;;;2*1+1. The number of likely N-dealkylation sites (N-methyl/N-ethyl adjacent to an activating group) is 2. The Kier molecular flexibility index (Phi) is 54.7. The summed E-state index contributed by atoms with van der Waals surface area (Å²) in [6.45, 7) is 10.8. The predicted molar refractivity (Wildman–Crippen MR) is 179 cm³/mol. The third-order valence-corrected chi connectivity index (χ3v) is 6.94. The van der Waals surface area contributed by atoms with Crippen LogP contribution in [0.25, 0.3) is 0 Å². The molecule has 2 amide bonds. The van der Waals surface area contributed by atoms with E-state index < -0.39 is 0 Å². The molecule has 0 fully saturated rings. The molecule has 0 spiro atoms. The van der Waals surface area contributed by atoms with Gasteiger partial charge < -0.3 is 80.6 Å². The minimum atomic E-state index is -0.385. The average Bonchev–Trinajstić information content (AvgIpc) is 2.97. The fourth-order valence-corrected chi connectivity index (χ4v) is 4.09. The van der Waals surface area contributed by atoms with Crippen LogP contribution in [0, 0.1) is 0 Å². The Labute approximate surface area is 366 Å². The smallest absolute Gasteiger partial charge is 1.00 e. The molecule has 17 heteroatoms. The molecule has 0 aliphatic rings. The van der Waals surface area contributed by atoms with Gasteiger partial charge in [-0.3, -0.25) is 34.0 Å². The van der Waals surface area contributed by atoms with Crippen LogP contribution >= 0.6 is 0 Å². The quantitative estimate of drug-likeness (QED) is 0.0125. The third-order valence-electron chi connectivity index (χ3n) is 6.94. The number of Topliss-reactive ketones (excluding diaryl/α,β-unsaturated/α-hetero) is 2. The van der Waals surface area contributed by atoms with Crippen molar-refractivity contribution in [3.8, 4) is 0 Å². The summed E-state index contributed by atoms with van der Waals surface area (Å²) in [5.74, 6) is -0.135. The first-order valence-electron chi connectivity index (χ1n) is 15.1. The predicted octanol–water partition coefficient (Wildman–Crippen LogP) is -10.5. The van der Waals surface area contributed by atoms with Gasteiger partial charge in [0.1, 0.15) is 24.3 Å². The second kappa shape index (κ2) is 41.0. The molecule has 13 nitrogen and oxygen atoms in total. The van der Waals surface area contributed by atoms with Gasteiger partial charge in [0.2, 0.25) is 11.8 Å². The Hall–Kier alpha value is 0.560. The maximum Gasteiger partial charge on any atom is 1.00 e. The van der Waals surface area contributed by atoms with Crippen molar-refractivity contribution in [2.24, 2.45) is 22.2 Å². The van der Waals surface area contributed by atoms with Gasteiger partial charge in [0.25, 0.3) is 0 Å². The topological polar surface area (TPSA) is 206 Å². The van der Waals surface area contributed by atoms with Crippen LogP contribution in [0.1, 0.15) is 95.8 Å². The van der Waals surface area contributed by atoms with Crippen LogP contribution in [-0.4, -0.2) is 110 Å². The van der Waals surface area contributed by atoms with Crippen molar-refractivity contribution in [3.05, 3.63) is 0 Å². The van der Waals surface area contributed by atoms with Gasteiger partial charge in [-0.2, -0.15) is 0 Å². The summed E-state index contributed by atoms with van der Waals surface area (Å²) in [5, 5.41) is 5.51. The van der Waals surface area contributed by atoms with Crippen molar-refractivity contribution in [1.82, 2.24) is 20.4 Å². The van der Waals surface area contributed by atoms with Crippen molar-refractivity contribution >= 4 is 35.6 Å². The van der Waals surface area contributed by atoms with E-state index in [0.29, 0.717) is 64.6 Å². The number of nitrogens with one attached hydrogen (secondary N) is 2. The van der Waals surface area contributed by atoms with Crippen LogP contribution in [-0.2, 0) is 24.0 Å². The second-order valence-corrected chi connectivity index (χ2v) is 10.2. The zero-order valence-electron chi connectivity index (χ0n) is 29.6. The number of nitrogens with two attached hydrogens (primary N) is 3. The minimum Gasteiger partial charge on any atom is -1.00 e. The van der Waals surface area contributed by atoms with E-state index >= 15 is 0 Å². The van der Waals surface area contributed by atoms with Gasteiger partial charge in [0.15, 0.2) is 5.96 Å². The number of ketones is 2. The van der Waals surface area contributed by atoms with E-state index in [1.807, 2.05) is 51.6 Å². The number of rotatable bonds is 23. The molecule has 0 saturated heterocycles. The number of halogens is 2. The Morgan fingerprint density at radius 1 is 0.766 bits per heavy atom. The normalized spacial score (nSPS) is 11.5. The van der Waals surface area contributed by atoms with Crippen LogP contribution in [0.5, 0.6) is 0 Å². The molecule has 0 aliphatic heterocycles. The summed E-state index contributed by atoms with van der Waals surface area (Å²) >= 11 is 0. The molecule has 0 aromatic heterocycles. The minimum absolute atomic E-state index is 0. The molecule has 0 saturated carbocycles. The molecule has 272 valence electrons. The van der Waals surface area contributed by atoms with Crippen molar-refractivity contribution in [3.63, 3.8) is 0 Å². The summed E-state index contributed by atoms with van der Waals surface area (Å²) in [7, 11) is 3.86. The number of hydrogen-bond acceptors (Lipinski definition) is 9. The van der Waals surface area contributed by atoms with Crippen LogP contribution < -0.4 is 135 Å². The van der Waals surface area contributed by atoms with E-state index in [4.69, 9.17) is 17.2 Å². The van der Waals surface area contributed by atoms with Crippen LogP contribution in [0.4, 0.5) is 0 Å². The largest absolute Gasteiger partial charge is 1.00 e. The number of amides is 2. The third kappa shape index (κ3) is 34.8. The van der Waals surface area contributed by atoms with E-state index in [-0.39, 0.29) is 171 Å². The first kappa shape index (κ1) is 62.7. The number of hydrogen-bond donors (Lipinski definition) is 5. The molecule has 0 bridgehead atoms. The van der Waals surface area contributed by atoms with Crippen molar-refractivity contribution in [1.29, 1.82) is 0 Å². The average molecular weight is 921 g/mol. The van der Waals surface area contributed by atoms with Crippen molar-refractivity contribution < 1.29 is 134 Å². The monoisotopic (exact) mass is 920 g/mol. The maximum atomic E-state index is 12.1. The number of nitrogens with zero attached hydrogens (tertiary/aromatic N) is 3. The van der Waals surface area contributed by atoms with Crippen LogP contribution in [0.3, 0.4) is 0 Å². The SMILES string of the molecule is C.CCC(=O)[C@H](CCCNC(=O)CC(=O)NCCC[C@@H](C(=O)CC)N(C)CC)N(C)CC.NC(N)=NCCC[C@@H](N)C=O.[2HH].[2HH].[I-].[I-].[Na+].[Na+]. The Balaban J connectivity index is -0.000000110.